The Kier molecular flexibility index (Phi) is 15.8. The molecule has 6 unspecified atom stereocenters. The predicted octanol–water partition coefficient (Wildman–Crippen LogP) is 6.08. The SMILES string of the molecule is CCC[C@@H]([C@H]1C[C@@H](C2(C3CC[NH2+]C(N)C3)CCCC2)C[C@@H]2C#C[C@H](C3CCCCC3)C3CC(O)C(OC)CC3CCC(=O)[C@H]([O-])C(=O)[C@H]2C1)[C@H](O)CC1=C[C+](C(C)C)C=N1. The lowest BCUT2D eigenvalue weighted by Crippen LogP contribution is -2.95. The number of aliphatic hydroxyl groups excluding tert-OH is 2. The minimum absolute atomic E-state index is 0.000249. The summed E-state index contributed by atoms with van der Waals surface area (Å²) in [7, 11) is 1.65. The normalized spacial score (nSPS) is 39.1. The maximum atomic E-state index is 14.9. The maximum Gasteiger partial charge on any atom is 0.177 e. The zero-order chi connectivity index (χ0) is 42.6. The van der Waals surface area contributed by atoms with Crippen LogP contribution in [0.2, 0.25) is 0 Å². The summed E-state index contributed by atoms with van der Waals surface area (Å²) in [6.45, 7) is 7.53. The van der Waals surface area contributed by atoms with Crippen molar-refractivity contribution in [1.29, 1.82) is 0 Å². The Balaban J connectivity index is 1.32. The van der Waals surface area contributed by atoms with Gasteiger partial charge in [-0.1, -0.05) is 57.3 Å². The van der Waals surface area contributed by atoms with Crippen LogP contribution in [-0.4, -0.2) is 72.2 Å². The molecular weight excluding hydrogens is 751 g/mol. The van der Waals surface area contributed by atoms with Crippen LogP contribution in [0.3, 0.4) is 0 Å². The Labute approximate surface area is 362 Å². The molecule has 334 valence electrons. The highest BCUT2D eigenvalue weighted by Crippen LogP contribution is 2.59. The van der Waals surface area contributed by atoms with Crippen molar-refractivity contribution >= 4 is 17.8 Å². The van der Waals surface area contributed by atoms with E-state index in [0.29, 0.717) is 49.9 Å². The number of aliphatic imine (C=N–C) groups is 1. The molecule has 9 nitrogen and oxygen atoms in total. The summed E-state index contributed by atoms with van der Waals surface area (Å²) in [6, 6.07) is 0. The molecular formula is C51H80N3O6+. The number of hydrogen-bond acceptors (Lipinski definition) is 8. The van der Waals surface area contributed by atoms with Crippen LogP contribution in [0, 0.1) is 88.3 Å². The fraction of sp³-hybridized carbons (Fsp3) is 0.843. The van der Waals surface area contributed by atoms with Crippen molar-refractivity contribution in [3.8, 4) is 11.8 Å². The number of aliphatic hydroxyl groups is 2. The molecule has 14 atom stereocenters. The van der Waals surface area contributed by atoms with E-state index in [2.05, 4.69) is 44.0 Å². The number of Topliss-reactive ketones (excluding diaryl/α,β-unsaturated/α-hetero) is 2. The van der Waals surface area contributed by atoms with Gasteiger partial charge in [0.25, 0.3) is 0 Å². The van der Waals surface area contributed by atoms with Gasteiger partial charge in [0.05, 0.1) is 31.3 Å². The number of hydrogen-bond donors (Lipinski definition) is 4. The van der Waals surface area contributed by atoms with Gasteiger partial charge in [-0.15, -0.1) is 4.99 Å². The summed E-state index contributed by atoms with van der Waals surface area (Å²) < 4.78 is 5.77. The first kappa shape index (κ1) is 45.9. The monoisotopic (exact) mass is 831 g/mol. The Bertz CT molecular complexity index is 1570. The van der Waals surface area contributed by atoms with Crippen molar-refractivity contribution in [2.24, 2.45) is 81.2 Å². The molecule has 6 N–H and O–H groups in total. The average Bonchev–Trinajstić information content (AvgIpc) is 3.90. The summed E-state index contributed by atoms with van der Waals surface area (Å²) in [4.78, 5) is 33.7. The van der Waals surface area contributed by atoms with Crippen molar-refractivity contribution in [3.63, 3.8) is 0 Å². The van der Waals surface area contributed by atoms with Crippen LogP contribution in [0.1, 0.15) is 156 Å². The van der Waals surface area contributed by atoms with E-state index < -0.39 is 35.8 Å². The first-order chi connectivity index (χ1) is 28.9. The van der Waals surface area contributed by atoms with E-state index in [1.165, 1.54) is 38.0 Å². The van der Waals surface area contributed by atoms with Gasteiger partial charge in [-0.2, -0.15) is 0 Å². The third-order valence-electron chi connectivity index (χ3n) is 17.5. The molecule has 2 heterocycles. The first-order valence-electron chi connectivity index (χ1n) is 24.7. The number of methoxy groups -OCH3 is 1. The number of ketones is 2. The number of nitrogens with zero attached hydrogens (tertiary/aromatic N) is 1. The topological polar surface area (TPSA) is 162 Å². The van der Waals surface area contributed by atoms with Gasteiger partial charge in [-0.25, -0.2) is 0 Å². The summed E-state index contributed by atoms with van der Waals surface area (Å²) in [6.07, 6.45) is 19.4. The quantitative estimate of drug-likeness (QED) is 0.112. The summed E-state index contributed by atoms with van der Waals surface area (Å²) >= 11 is 0. The Morgan fingerprint density at radius 3 is 2.43 bits per heavy atom. The molecule has 0 radical (unpaired) electrons. The number of carbonyl (C=O) groups is 2. The number of fused-ring (bicyclic) bond motifs is 2. The van der Waals surface area contributed by atoms with Gasteiger partial charge in [0.15, 0.2) is 5.70 Å². The van der Waals surface area contributed by atoms with Crippen LogP contribution in [0.5, 0.6) is 0 Å². The molecule has 7 aliphatic rings. The van der Waals surface area contributed by atoms with E-state index >= 15 is 0 Å². The van der Waals surface area contributed by atoms with E-state index in [4.69, 9.17) is 15.5 Å². The van der Waals surface area contributed by atoms with Gasteiger partial charge >= 0.3 is 0 Å². The highest BCUT2D eigenvalue weighted by molar-refractivity contribution is 6.05. The van der Waals surface area contributed by atoms with Crippen molar-refractivity contribution < 1.29 is 35.0 Å². The van der Waals surface area contributed by atoms with Crippen LogP contribution >= 0.6 is 0 Å². The molecule has 0 spiro atoms. The van der Waals surface area contributed by atoms with Gasteiger partial charge in [0.1, 0.15) is 35.9 Å². The lowest BCUT2D eigenvalue weighted by atomic mass is 9.58. The van der Waals surface area contributed by atoms with Gasteiger partial charge in [0.2, 0.25) is 0 Å². The van der Waals surface area contributed by atoms with Crippen molar-refractivity contribution in [2.45, 2.75) is 186 Å². The number of rotatable bonds is 11. The fourth-order valence-corrected chi connectivity index (χ4v) is 14.2. The second kappa shape index (κ2) is 20.6. The van der Waals surface area contributed by atoms with Crippen molar-refractivity contribution in [3.05, 3.63) is 17.7 Å². The highest BCUT2D eigenvalue weighted by atomic mass is 16.5. The van der Waals surface area contributed by atoms with E-state index in [1.54, 1.807) is 7.11 Å². The first-order valence-corrected chi connectivity index (χ1v) is 24.7. The molecule has 9 heteroatoms. The average molecular weight is 831 g/mol. The number of quaternary nitrogens is 1. The van der Waals surface area contributed by atoms with Crippen LogP contribution in [0.15, 0.2) is 16.8 Å². The third-order valence-corrected chi connectivity index (χ3v) is 17.5. The van der Waals surface area contributed by atoms with E-state index in [1.807, 2.05) is 6.21 Å². The Hall–Kier alpha value is -2.06. The van der Waals surface area contributed by atoms with E-state index in [0.717, 1.165) is 76.5 Å². The molecule has 7 rings (SSSR count). The molecule has 0 amide bonds. The number of nitrogens with two attached hydrogens (primary N) is 2. The molecule has 4 saturated carbocycles. The Morgan fingerprint density at radius 1 is 0.983 bits per heavy atom. The van der Waals surface area contributed by atoms with Crippen LogP contribution in [-0.2, 0) is 14.3 Å². The highest BCUT2D eigenvalue weighted by Gasteiger charge is 2.53. The second-order valence-corrected chi connectivity index (χ2v) is 21.2. The predicted molar refractivity (Wildman–Crippen MR) is 234 cm³/mol. The molecule has 0 aromatic heterocycles. The minimum Gasteiger partial charge on any atom is -0.841 e. The van der Waals surface area contributed by atoms with Gasteiger partial charge in [-0.3, -0.25) is 5.73 Å². The molecule has 0 aromatic rings. The third kappa shape index (κ3) is 10.2. The largest absolute Gasteiger partial charge is 0.841 e. The maximum absolute atomic E-state index is 14.9. The number of allylic oxidation sites excluding steroid dienone is 1. The zero-order valence-corrected chi connectivity index (χ0v) is 37.6. The lowest BCUT2D eigenvalue weighted by molar-refractivity contribution is -0.700. The fourth-order valence-electron chi connectivity index (χ4n) is 14.2. The molecule has 0 aromatic carbocycles. The van der Waals surface area contributed by atoms with Crippen molar-refractivity contribution in [1.82, 2.24) is 0 Å². The number of carbonyl (C=O) groups excluding carboxylic acids is 2. The smallest absolute Gasteiger partial charge is 0.177 e. The standard InChI is InChI=1S/C51H79N3O6/c1-5-11-41(45(56)28-39-24-36(30-54-39)31(2)3)35-23-38(51(19-9-10-20-51)37-18-21-53-48(52)27-37)22-33-14-16-40(32-12-7-6-8-13-32)42-29-46(57)47(60-4)26-34(42)15-17-44(55)50(59)49(58)43(33)25-35/h24,30-35,37-38,40-43,45-48,50,53,56-57H,5-13,15,17-23,25-29,52H2,1-4H3/p+1/t33-,34?,35-,37?,38-,40+,41-,42?,43-,45+,46?,47?,48?,50-/m0/s1. The molecule has 2 aliphatic heterocycles. The van der Waals surface area contributed by atoms with Crippen molar-refractivity contribution in [2.75, 3.05) is 13.7 Å². The lowest BCUT2D eigenvalue weighted by Gasteiger charge is -2.47. The van der Waals surface area contributed by atoms with Crippen LogP contribution in [0.25, 0.3) is 0 Å². The Morgan fingerprint density at radius 2 is 1.75 bits per heavy atom. The molecule has 60 heavy (non-hydrogen) atoms. The van der Waals surface area contributed by atoms with Crippen LogP contribution < -0.4 is 16.2 Å². The second-order valence-electron chi connectivity index (χ2n) is 21.2. The number of piperidine rings is 1. The minimum atomic E-state index is -1.93. The zero-order valence-electron chi connectivity index (χ0n) is 37.6. The summed E-state index contributed by atoms with van der Waals surface area (Å²) in [5, 5.41) is 40.3. The summed E-state index contributed by atoms with van der Waals surface area (Å²) in [5.41, 5.74) is 7.70. The van der Waals surface area contributed by atoms with Gasteiger partial charge < -0.3 is 35.0 Å². The molecule has 1 saturated heterocycles. The molecule has 5 aliphatic carbocycles. The molecule has 5 fully saturated rings. The molecule has 0 bridgehead atoms. The summed E-state index contributed by atoms with van der Waals surface area (Å²) in [5.74, 6) is 8.74. The van der Waals surface area contributed by atoms with E-state index in [-0.39, 0.29) is 65.5 Å². The van der Waals surface area contributed by atoms with Crippen LogP contribution in [0.4, 0.5) is 0 Å². The van der Waals surface area contributed by atoms with E-state index in [9.17, 15) is 24.9 Å². The van der Waals surface area contributed by atoms with Gasteiger partial charge in [-0.05, 0) is 137 Å². The van der Waals surface area contributed by atoms with Gasteiger partial charge in [0, 0.05) is 50.0 Å². The number of ether oxygens (including phenoxy) is 1.